The van der Waals surface area contributed by atoms with Gasteiger partial charge in [-0.15, -0.1) is 0 Å². The summed E-state index contributed by atoms with van der Waals surface area (Å²) >= 11 is 0. The summed E-state index contributed by atoms with van der Waals surface area (Å²) in [4.78, 5) is 0. The maximum absolute atomic E-state index is 5.74. The maximum Gasteiger partial charge on any atom is 0.122 e. The van der Waals surface area contributed by atoms with Gasteiger partial charge in [0.05, 0.1) is 6.61 Å². The molecule has 0 unspecified atom stereocenters. The van der Waals surface area contributed by atoms with Crippen molar-refractivity contribution in [2.45, 2.75) is 13.5 Å². The fourth-order valence-electron chi connectivity index (χ4n) is 2.80. The Morgan fingerprint density at radius 3 is 2.00 bits per heavy atom. The number of benzene rings is 3. The standard InChI is InChI=1S/C25H29NO4/c1-2-27-15-16-30-25-10-6-7-22(19-25)26-20-21-11-13-24(14-12-21)29-18-17-28-23-8-4-3-5-9-23/h3-14,19,26H,2,15-18,20H2,1H3. The van der Waals surface area contributed by atoms with E-state index < -0.39 is 0 Å². The van der Waals surface area contributed by atoms with Gasteiger partial charge in [-0.2, -0.15) is 0 Å². The SMILES string of the molecule is CCOCCOc1cccc(NCc2ccc(OCCOc3ccccc3)cc2)c1. The minimum absolute atomic E-state index is 0.503. The number of nitrogens with one attached hydrogen (secondary N) is 1. The van der Waals surface area contributed by atoms with Crippen molar-refractivity contribution >= 4 is 5.69 Å². The van der Waals surface area contributed by atoms with E-state index in [1.807, 2.05) is 73.7 Å². The molecule has 0 radical (unpaired) electrons. The Hall–Kier alpha value is -3.18. The van der Waals surface area contributed by atoms with Crippen molar-refractivity contribution in [3.63, 3.8) is 0 Å². The zero-order valence-corrected chi connectivity index (χ0v) is 17.4. The van der Waals surface area contributed by atoms with Crippen LogP contribution in [0.25, 0.3) is 0 Å². The second-order valence-corrected chi connectivity index (χ2v) is 6.58. The Kier molecular flexibility index (Phi) is 8.90. The number of para-hydroxylation sites is 1. The molecule has 158 valence electrons. The van der Waals surface area contributed by atoms with Crippen LogP contribution in [-0.2, 0) is 11.3 Å². The average Bonchev–Trinajstić information content (AvgIpc) is 2.80. The molecule has 3 aromatic carbocycles. The molecule has 0 aliphatic carbocycles. The quantitative estimate of drug-likeness (QED) is 0.396. The van der Waals surface area contributed by atoms with Crippen LogP contribution in [0.5, 0.6) is 17.2 Å². The number of rotatable bonds is 13. The third-order valence-electron chi connectivity index (χ3n) is 4.32. The molecular formula is C25H29NO4. The highest BCUT2D eigenvalue weighted by atomic mass is 16.5. The van der Waals surface area contributed by atoms with E-state index in [4.69, 9.17) is 18.9 Å². The van der Waals surface area contributed by atoms with Gasteiger partial charge in [0.2, 0.25) is 0 Å². The molecule has 0 aliphatic rings. The lowest BCUT2D eigenvalue weighted by Gasteiger charge is -2.11. The van der Waals surface area contributed by atoms with Crippen LogP contribution in [0.1, 0.15) is 12.5 Å². The van der Waals surface area contributed by atoms with Crippen molar-refractivity contribution in [2.24, 2.45) is 0 Å². The molecule has 0 fully saturated rings. The van der Waals surface area contributed by atoms with Crippen LogP contribution in [0, 0.1) is 0 Å². The van der Waals surface area contributed by atoms with Gasteiger partial charge < -0.3 is 24.3 Å². The lowest BCUT2D eigenvalue weighted by molar-refractivity contribution is 0.110. The minimum Gasteiger partial charge on any atom is -0.491 e. The molecule has 0 aromatic heterocycles. The summed E-state index contributed by atoms with van der Waals surface area (Å²) in [6, 6.07) is 25.8. The highest BCUT2D eigenvalue weighted by molar-refractivity contribution is 5.48. The van der Waals surface area contributed by atoms with E-state index in [0.717, 1.165) is 29.5 Å². The second-order valence-electron chi connectivity index (χ2n) is 6.58. The largest absolute Gasteiger partial charge is 0.491 e. The zero-order chi connectivity index (χ0) is 20.9. The molecule has 0 atom stereocenters. The van der Waals surface area contributed by atoms with Gasteiger partial charge in [0.15, 0.2) is 0 Å². The molecule has 0 bridgehead atoms. The Morgan fingerprint density at radius 1 is 0.633 bits per heavy atom. The molecule has 0 aliphatic heterocycles. The Bertz CT molecular complexity index is 853. The summed E-state index contributed by atoms with van der Waals surface area (Å²) in [5.41, 5.74) is 2.19. The van der Waals surface area contributed by atoms with Crippen LogP contribution in [0.3, 0.4) is 0 Å². The molecule has 3 aromatic rings. The molecule has 5 nitrogen and oxygen atoms in total. The summed E-state index contributed by atoms with van der Waals surface area (Å²) in [7, 11) is 0. The van der Waals surface area contributed by atoms with Gasteiger partial charge in [0.25, 0.3) is 0 Å². The molecule has 0 saturated carbocycles. The van der Waals surface area contributed by atoms with Crippen LogP contribution >= 0.6 is 0 Å². The van der Waals surface area contributed by atoms with E-state index in [1.165, 1.54) is 5.56 Å². The Balaban J connectivity index is 1.38. The number of anilines is 1. The van der Waals surface area contributed by atoms with Crippen molar-refractivity contribution in [3.05, 3.63) is 84.4 Å². The van der Waals surface area contributed by atoms with E-state index in [9.17, 15) is 0 Å². The Labute approximate surface area is 178 Å². The van der Waals surface area contributed by atoms with Gasteiger partial charge in [-0.05, 0) is 48.9 Å². The first kappa shape index (κ1) is 21.5. The van der Waals surface area contributed by atoms with Crippen LogP contribution in [0.2, 0.25) is 0 Å². The molecule has 30 heavy (non-hydrogen) atoms. The van der Waals surface area contributed by atoms with E-state index >= 15 is 0 Å². The molecule has 0 amide bonds. The van der Waals surface area contributed by atoms with Crippen molar-refractivity contribution in [3.8, 4) is 17.2 Å². The third-order valence-corrected chi connectivity index (χ3v) is 4.32. The van der Waals surface area contributed by atoms with E-state index in [0.29, 0.717) is 33.0 Å². The summed E-state index contributed by atoms with van der Waals surface area (Å²) in [5.74, 6) is 2.52. The lowest BCUT2D eigenvalue weighted by Crippen LogP contribution is -2.09. The normalized spacial score (nSPS) is 10.4. The fraction of sp³-hybridized carbons (Fsp3) is 0.280. The summed E-state index contributed by atoms with van der Waals surface area (Å²) in [6.45, 7) is 5.56. The van der Waals surface area contributed by atoms with Crippen molar-refractivity contribution in [2.75, 3.05) is 38.4 Å². The third kappa shape index (κ3) is 7.68. The van der Waals surface area contributed by atoms with E-state index in [-0.39, 0.29) is 0 Å². The van der Waals surface area contributed by atoms with Crippen LogP contribution in [0.4, 0.5) is 5.69 Å². The fourth-order valence-corrected chi connectivity index (χ4v) is 2.80. The predicted octanol–water partition coefficient (Wildman–Crippen LogP) is 5.17. The van der Waals surface area contributed by atoms with Gasteiger partial charge in [-0.3, -0.25) is 0 Å². The van der Waals surface area contributed by atoms with Crippen LogP contribution in [0.15, 0.2) is 78.9 Å². The topological polar surface area (TPSA) is 49.0 Å². The van der Waals surface area contributed by atoms with Crippen LogP contribution in [-0.4, -0.2) is 33.0 Å². The minimum atomic E-state index is 0.503. The van der Waals surface area contributed by atoms with Gasteiger partial charge in [0.1, 0.15) is 37.1 Å². The smallest absolute Gasteiger partial charge is 0.122 e. The number of hydrogen-bond acceptors (Lipinski definition) is 5. The maximum atomic E-state index is 5.74. The first-order chi connectivity index (χ1) is 14.8. The van der Waals surface area contributed by atoms with Gasteiger partial charge in [-0.25, -0.2) is 0 Å². The highest BCUT2D eigenvalue weighted by Crippen LogP contribution is 2.19. The van der Waals surface area contributed by atoms with E-state index in [2.05, 4.69) is 17.4 Å². The average molecular weight is 408 g/mol. The molecule has 5 heteroatoms. The predicted molar refractivity (Wildman–Crippen MR) is 120 cm³/mol. The lowest BCUT2D eigenvalue weighted by atomic mass is 10.2. The molecular weight excluding hydrogens is 378 g/mol. The first-order valence-corrected chi connectivity index (χ1v) is 10.3. The summed E-state index contributed by atoms with van der Waals surface area (Å²) in [6.07, 6.45) is 0. The molecule has 3 rings (SSSR count). The molecule has 0 saturated heterocycles. The second kappa shape index (κ2) is 12.4. The molecule has 1 N–H and O–H groups in total. The monoisotopic (exact) mass is 407 g/mol. The van der Waals surface area contributed by atoms with Gasteiger partial charge in [-0.1, -0.05) is 36.4 Å². The zero-order valence-electron chi connectivity index (χ0n) is 17.4. The first-order valence-electron chi connectivity index (χ1n) is 10.3. The summed E-state index contributed by atoms with van der Waals surface area (Å²) < 4.78 is 22.4. The molecule has 0 heterocycles. The van der Waals surface area contributed by atoms with E-state index in [1.54, 1.807) is 0 Å². The summed E-state index contributed by atoms with van der Waals surface area (Å²) in [5, 5.41) is 3.42. The van der Waals surface area contributed by atoms with Gasteiger partial charge >= 0.3 is 0 Å². The number of ether oxygens (including phenoxy) is 4. The molecule has 0 spiro atoms. The highest BCUT2D eigenvalue weighted by Gasteiger charge is 2.00. The van der Waals surface area contributed by atoms with Crippen molar-refractivity contribution in [1.29, 1.82) is 0 Å². The number of hydrogen-bond donors (Lipinski definition) is 1. The van der Waals surface area contributed by atoms with Crippen molar-refractivity contribution in [1.82, 2.24) is 0 Å². The van der Waals surface area contributed by atoms with Crippen molar-refractivity contribution < 1.29 is 18.9 Å². The van der Waals surface area contributed by atoms with Crippen LogP contribution < -0.4 is 19.5 Å². The van der Waals surface area contributed by atoms with Gasteiger partial charge in [0, 0.05) is 24.9 Å². The Morgan fingerprint density at radius 2 is 1.27 bits per heavy atom.